The highest BCUT2D eigenvalue weighted by atomic mass is 16.5. The Balaban J connectivity index is 1.81. The summed E-state index contributed by atoms with van der Waals surface area (Å²) in [5.41, 5.74) is 2.40. The van der Waals surface area contributed by atoms with Crippen molar-refractivity contribution in [2.45, 2.75) is 58.0 Å². The second kappa shape index (κ2) is 7.06. The van der Waals surface area contributed by atoms with Gasteiger partial charge in [0.05, 0.1) is 19.1 Å². The topological polar surface area (TPSA) is 66.8 Å². The molecule has 3 rings (SSSR count). The summed E-state index contributed by atoms with van der Waals surface area (Å²) in [4.78, 5) is 26.5. The number of hydrogen-bond donors (Lipinski definition) is 1. The number of fused-ring (bicyclic) bond motifs is 1. The zero-order valence-corrected chi connectivity index (χ0v) is 15.2. The van der Waals surface area contributed by atoms with Crippen molar-refractivity contribution < 1.29 is 19.4 Å². The number of amides is 1. The Bertz CT molecular complexity index is 672. The first-order valence-corrected chi connectivity index (χ1v) is 9.14. The van der Waals surface area contributed by atoms with Gasteiger partial charge < -0.3 is 14.7 Å². The van der Waals surface area contributed by atoms with Crippen molar-refractivity contribution in [3.05, 3.63) is 29.3 Å². The third-order valence-corrected chi connectivity index (χ3v) is 5.83. The number of ether oxygens (including phenoxy) is 1. The van der Waals surface area contributed by atoms with E-state index in [1.165, 1.54) is 5.56 Å². The molecule has 1 fully saturated rings. The van der Waals surface area contributed by atoms with Crippen LogP contribution in [0.1, 0.15) is 56.7 Å². The zero-order chi connectivity index (χ0) is 18.1. The van der Waals surface area contributed by atoms with Crippen molar-refractivity contribution in [2.75, 3.05) is 7.11 Å². The molecule has 4 unspecified atom stereocenters. The molecule has 5 heteroatoms. The smallest absolute Gasteiger partial charge is 0.306 e. The quantitative estimate of drug-likeness (QED) is 0.911. The van der Waals surface area contributed by atoms with Crippen LogP contribution in [0.3, 0.4) is 0 Å². The summed E-state index contributed by atoms with van der Waals surface area (Å²) in [6.45, 7) is 4.14. The molecule has 1 aliphatic carbocycles. The molecule has 25 heavy (non-hydrogen) atoms. The van der Waals surface area contributed by atoms with Crippen LogP contribution >= 0.6 is 0 Å². The fourth-order valence-corrected chi connectivity index (χ4v) is 4.50. The van der Waals surface area contributed by atoms with Crippen LogP contribution in [0.2, 0.25) is 0 Å². The second-order valence-electron chi connectivity index (χ2n) is 7.44. The van der Waals surface area contributed by atoms with Crippen LogP contribution in [0.4, 0.5) is 0 Å². The minimum Gasteiger partial charge on any atom is -0.497 e. The number of rotatable bonds is 3. The molecule has 1 N–H and O–H groups in total. The van der Waals surface area contributed by atoms with Crippen LogP contribution in [0, 0.1) is 11.8 Å². The van der Waals surface area contributed by atoms with Gasteiger partial charge in [-0.05, 0) is 62.8 Å². The summed E-state index contributed by atoms with van der Waals surface area (Å²) in [6.07, 6.45) is 3.58. The standard InChI is InChI=1S/C20H27NO4/c1-12-9-16-11-17(25-3)7-8-18(16)13(2)21(12)19(22)14-5-4-6-15(10-14)20(23)24/h7-8,11-15H,4-6,9-10H2,1-3H3,(H,23,24). The molecule has 0 bridgehead atoms. The number of carboxylic acids is 1. The molecule has 2 aliphatic rings. The Morgan fingerprint density at radius 2 is 1.92 bits per heavy atom. The molecule has 0 aromatic heterocycles. The average molecular weight is 345 g/mol. The highest BCUT2D eigenvalue weighted by molar-refractivity contribution is 5.81. The van der Waals surface area contributed by atoms with Gasteiger partial charge in [0.2, 0.25) is 5.91 Å². The number of aliphatic carboxylic acids is 1. The maximum absolute atomic E-state index is 13.2. The predicted octanol–water partition coefficient (Wildman–Crippen LogP) is 3.42. The van der Waals surface area contributed by atoms with Crippen molar-refractivity contribution in [3.63, 3.8) is 0 Å². The number of carbonyl (C=O) groups is 2. The van der Waals surface area contributed by atoms with Crippen LogP contribution < -0.4 is 4.74 Å². The first-order chi connectivity index (χ1) is 11.9. The number of nitrogens with zero attached hydrogens (tertiary/aromatic N) is 1. The van der Waals surface area contributed by atoms with Crippen molar-refractivity contribution in [1.82, 2.24) is 4.90 Å². The molecule has 1 heterocycles. The molecule has 1 amide bonds. The SMILES string of the molecule is COc1ccc2c(c1)CC(C)N(C(=O)C1CCCC(C(=O)O)C1)C2C. The number of benzene rings is 1. The molecular formula is C20H27NO4. The number of carbonyl (C=O) groups excluding carboxylic acids is 1. The molecule has 1 aromatic carbocycles. The van der Waals surface area contributed by atoms with E-state index in [0.717, 1.165) is 30.6 Å². The maximum atomic E-state index is 13.2. The van der Waals surface area contributed by atoms with Crippen molar-refractivity contribution in [3.8, 4) is 5.75 Å². The molecule has 1 aromatic rings. The van der Waals surface area contributed by atoms with Crippen LogP contribution in [0.25, 0.3) is 0 Å². The Kier molecular flexibility index (Phi) is 5.02. The van der Waals surface area contributed by atoms with Crippen LogP contribution in [0.15, 0.2) is 18.2 Å². The largest absolute Gasteiger partial charge is 0.497 e. The van der Waals surface area contributed by atoms with Crippen LogP contribution in [-0.4, -0.2) is 35.0 Å². The Hall–Kier alpha value is -2.04. The van der Waals surface area contributed by atoms with Crippen molar-refractivity contribution >= 4 is 11.9 Å². The zero-order valence-electron chi connectivity index (χ0n) is 15.2. The predicted molar refractivity (Wildman–Crippen MR) is 94.5 cm³/mol. The van der Waals surface area contributed by atoms with E-state index in [9.17, 15) is 14.7 Å². The number of carboxylic acid groups (broad SMARTS) is 1. The van der Waals surface area contributed by atoms with E-state index in [4.69, 9.17) is 4.74 Å². The molecular weight excluding hydrogens is 318 g/mol. The van der Waals surface area contributed by atoms with E-state index < -0.39 is 5.97 Å². The summed E-state index contributed by atoms with van der Waals surface area (Å²) in [5.74, 6) is -0.356. The van der Waals surface area contributed by atoms with E-state index in [1.807, 2.05) is 17.0 Å². The highest BCUT2D eigenvalue weighted by Crippen LogP contribution is 2.38. The van der Waals surface area contributed by atoms with E-state index in [-0.39, 0.29) is 29.8 Å². The van der Waals surface area contributed by atoms with Crippen molar-refractivity contribution in [1.29, 1.82) is 0 Å². The molecule has 5 nitrogen and oxygen atoms in total. The monoisotopic (exact) mass is 345 g/mol. The van der Waals surface area contributed by atoms with Gasteiger partial charge in [0.1, 0.15) is 5.75 Å². The second-order valence-corrected chi connectivity index (χ2v) is 7.44. The van der Waals surface area contributed by atoms with Crippen molar-refractivity contribution in [2.24, 2.45) is 11.8 Å². The third kappa shape index (κ3) is 3.37. The third-order valence-electron chi connectivity index (χ3n) is 5.83. The van der Waals surface area contributed by atoms with Gasteiger partial charge in [-0.25, -0.2) is 0 Å². The highest BCUT2D eigenvalue weighted by Gasteiger charge is 2.39. The van der Waals surface area contributed by atoms with Gasteiger partial charge >= 0.3 is 5.97 Å². The summed E-state index contributed by atoms with van der Waals surface area (Å²) in [7, 11) is 1.66. The lowest BCUT2D eigenvalue weighted by molar-refractivity contribution is -0.147. The van der Waals surface area contributed by atoms with E-state index in [2.05, 4.69) is 19.9 Å². The fourth-order valence-electron chi connectivity index (χ4n) is 4.50. The van der Waals surface area contributed by atoms with Gasteiger partial charge in [0, 0.05) is 12.0 Å². The lowest BCUT2D eigenvalue weighted by atomic mass is 9.79. The Morgan fingerprint density at radius 1 is 1.20 bits per heavy atom. The van der Waals surface area contributed by atoms with Crippen LogP contribution in [-0.2, 0) is 16.0 Å². The fraction of sp³-hybridized carbons (Fsp3) is 0.600. The minimum absolute atomic E-state index is 0.00219. The lowest BCUT2D eigenvalue weighted by Crippen LogP contribution is -2.48. The Morgan fingerprint density at radius 3 is 2.60 bits per heavy atom. The Labute approximate surface area is 149 Å². The molecule has 0 saturated heterocycles. The van der Waals surface area contributed by atoms with Gasteiger partial charge in [0.15, 0.2) is 0 Å². The van der Waals surface area contributed by atoms with Gasteiger partial charge in [-0.15, -0.1) is 0 Å². The minimum atomic E-state index is -0.769. The van der Waals surface area contributed by atoms with E-state index in [1.54, 1.807) is 7.11 Å². The first kappa shape index (κ1) is 17.8. The normalized spacial score (nSPS) is 29.0. The first-order valence-electron chi connectivity index (χ1n) is 9.14. The van der Waals surface area contributed by atoms with E-state index >= 15 is 0 Å². The summed E-state index contributed by atoms with van der Waals surface area (Å²) in [6, 6.07) is 6.15. The van der Waals surface area contributed by atoms with Gasteiger partial charge in [0.25, 0.3) is 0 Å². The van der Waals surface area contributed by atoms with Gasteiger partial charge in [-0.2, -0.15) is 0 Å². The summed E-state index contributed by atoms with van der Waals surface area (Å²) in [5, 5.41) is 9.29. The lowest BCUT2D eigenvalue weighted by Gasteiger charge is -2.43. The molecule has 0 spiro atoms. The summed E-state index contributed by atoms with van der Waals surface area (Å²) >= 11 is 0. The molecule has 0 radical (unpaired) electrons. The number of hydrogen-bond acceptors (Lipinski definition) is 3. The average Bonchev–Trinajstić information content (AvgIpc) is 2.61. The van der Waals surface area contributed by atoms with Crippen LogP contribution in [0.5, 0.6) is 5.75 Å². The van der Waals surface area contributed by atoms with Gasteiger partial charge in [-0.1, -0.05) is 12.5 Å². The molecule has 136 valence electrons. The number of methoxy groups -OCH3 is 1. The molecule has 4 atom stereocenters. The van der Waals surface area contributed by atoms with E-state index in [0.29, 0.717) is 12.8 Å². The van der Waals surface area contributed by atoms with Gasteiger partial charge in [-0.3, -0.25) is 9.59 Å². The molecule has 1 aliphatic heterocycles. The maximum Gasteiger partial charge on any atom is 0.306 e. The summed E-state index contributed by atoms with van der Waals surface area (Å²) < 4.78 is 5.32. The molecule has 1 saturated carbocycles.